The molecule has 1 saturated heterocycles. The molecule has 0 bridgehead atoms. The first kappa shape index (κ1) is 13.9. The van der Waals surface area contributed by atoms with Gasteiger partial charge in [-0.1, -0.05) is 0 Å². The minimum atomic E-state index is -1.43. The van der Waals surface area contributed by atoms with Crippen LogP contribution in [0, 0.1) is 0 Å². The fourth-order valence-electron chi connectivity index (χ4n) is 1.37. The Hall–Kier alpha value is -2.12. The van der Waals surface area contributed by atoms with Crippen molar-refractivity contribution < 1.29 is 28.7 Å². The Bertz CT molecular complexity index is 345. The number of carbonyl (C=O) groups excluding carboxylic acids is 4. The van der Waals surface area contributed by atoms with E-state index in [0.29, 0.717) is 0 Å². The van der Waals surface area contributed by atoms with Gasteiger partial charge in [0, 0.05) is 0 Å². The predicted molar refractivity (Wildman–Crippen MR) is 57.1 cm³/mol. The first-order valence-electron chi connectivity index (χ1n) is 5.45. The molecule has 0 saturated carbocycles. The number of ether oxygens (including phenoxy) is 2. The highest BCUT2D eigenvalue weighted by molar-refractivity contribution is 6.15. The first-order valence-corrected chi connectivity index (χ1v) is 5.45. The largest absolute Gasteiger partial charge is 0.464 e. The molecular weight excluding hydrogens is 244 g/mol. The zero-order valence-electron chi connectivity index (χ0n) is 10.0. The second-order valence-corrected chi connectivity index (χ2v) is 3.39. The number of carbonyl (C=O) groups is 4. The van der Waals surface area contributed by atoms with Crippen molar-refractivity contribution in [3.63, 3.8) is 0 Å². The minimum absolute atomic E-state index is 0.0831. The number of hydrogen-bond acceptors (Lipinski definition) is 6. The second kappa shape index (κ2) is 5.99. The van der Waals surface area contributed by atoms with E-state index in [-0.39, 0.29) is 13.2 Å². The summed E-state index contributed by atoms with van der Waals surface area (Å²) in [4.78, 5) is 45.8. The highest BCUT2D eigenvalue weighted by Gasteiger charge is 2.42. The van der Waals surface area contributed by atoms with E-state index < -0.39 is 35.8 Å². The van der Waals surface area contributed by atoms with Crippen molar-refractivity contribution in [1.29, 1.82) is 0 Å². The number of nitrogens with one attached hydrogen (secondary N) is 2. The van der Waals surface area contributed by atoms with E-state index in [4.69, 9.17) is 0 Å². The summed E-state index contributed by atoms with van der Waals surface area (Å²) < 4.78 is 9.23. The van der Waals surface area contributed by atoms with Crippen molar-refractivity contribution in [2.45, 2.75) is 25.9 Å². The maximum absolute atomic E-state index is 11.5. The number of esters is 2. The summed E-state index contributed by atoms with van der Waals surface area (Å²) in [5.74, 6) is -3.34. The fraction of sp³-hybridized carbons (Fsp3) is 0.600. The van der Waals surface area contributed by atoms with Crippen molar-refractivity contribution in [2.75, 3.05) is 13.2 Å². The van der Waals surface area contributed by atoms with E-state index in [2.05, 4.69) is 20.1 Å². The molecule has 2 N–H and O–H groups in total. The van der Waals surface area contributed by atoms with Crippen molar-refractivity contribution in [2.24, 2.45) is 0 Å². The van der Waals surface area contributed by atoms with E-state index in [1.165, 1.54) is 0 Å². The molecule has 0 aliphatic carbocycles. The third kappa shape index (κ3) is 2.96. The summed E-state index contributed by atoms with van der Waals surface area (Å²) in [6, 6.07) is -2.86. The molecule has 100 valence electrons. The summed E-state index contributed by atoms with van der Waals surface area (Å²) in [6.07, 6.45) is 0. The highest BCUT2D eigenvalue weighted by atomic mass is 16.5. The predicted octanol–water partition coefficient (Wildman–Crippen LogP) is -1.90. The van der Waals surface area contributed by atoms with Crippen LogP contribution in [0.3, 0.4) is 0 Å². The maximum Gasteiger partial charge on any atom is 0.338 e. The van der Waals surface area contributed by atoms with Gasteiger partial charge in [-0.25, -0.2) is 9.59 Å². The third-order valence-corrected chi connectivity index (χ3v) is 2.14. The van der Waals surface area contributed by atoms with Crippen LogP contribution >= 0.6 is 0 Å². The number of piperazine rings is 1. The topological polar surface area (TPSA) is 111 Å². The second-order valence-electron chi connectivity index (χ2n) is 3.39. The van der Waals surface area contributed by atoms with Crippen molar-refractivity contribution in [3.05, 3.63) is 0 Å². The molecule has 1 rings (SSSR count). The molecule has 0 spiro atoms. The molecule has 18 heavy (non-hydrogen) atoms. The molecular formula is C10H14N2O6. The zero-order valence-corrected chi connectivity index (χ0v) is 10.0. The van der Waals surface area contributed by atoms with E-state index >= 15 is 0 Å². The van der Waals surface area contributed by atoms with Gasteiger partial charge in [0.2, 0.25) is 12.1 Å². The van der Waals surface area contributed by atoms with Crippen LogP contribution in [0.4, 0.5) is 0 Å². The van der Waals surface area contributed by atoms with E-state index in [1.807, 2.05) is 0 Å². The molecule has 0 aromatic rings. The smallest absolute Gasteiger partial charge is 0.338 e. The van der Waals surface area contributed by atoms with Gasteiger partial charge >= 0.3 is 11.9 Å². The van der Waals surface area contributed by atoms with E-state index in [0.717, 1.165) is 0 Å². The Balaban J connectivity index is 2.71. The average Bonchev–Trinajstić information content (AvgIpc) is 2.32. The Morgan fingerprint density at radius 1 is 0.944 bits per heavy atom. The summed E-state index contributed by atoms with van der Waals surface area (Å²) in [5.41, 5.74) is 0. The Morgan fingerprint density at radius 2 is 1.28 bits per heavy atom. The van der Waals surface area contributed by atoms with E-state index in [9.17, 15) is 19.2 Å². The molecule has 1 aliphatic rings. The number of rotatable bonds is 4. The summed E-state index contributed by atoms with van der Waals surface area (Å²) in [7, 11) is 0. The summed E-state index contributed by atoms with van der Waals surface area (Å²) in [5, 5.41) is 4.23. The lowest BCUT2D eigenvalue weighted by Gasteiger charge is -2.26. The molecule has 8 heteroatoms. The van der Waals surface area contributed by atoms with Crippen molar-refractivity contribution >= 4 is 23.8 Å². The monoisotopic (exact) mass is 258 g/mol. The van der Waals surface area contributed by atoms with Crippen molar-refractivity contribution in [1.82, 2.24) is 10.6 Å². The normalized spacial score (nSPS) is 22.8. The lowest BCUT2D eigenvalue weighted by Crippen LogP contribution is -2.66. The lowest BCUT2D eigenvalue weighted by molar-refractivity contribution is -0.159. The molecule has 2 atom stereocenters. The van der Waals surface area contributed by atoms with Gasteiger partial charge < -0.3 is 20.1 Å². The van der Waals surface area contributed by atoms with Gasteiger partial charge in [-0.15, -0.1) is 0 Å². The molecule has 0 radical (unpaired) electrons. The highest BCUT2D eigenvalue weighted by Crippen LogP contribution is 2.02. The molecule has 2 amide bonds. The summed E-state index contributed by atoms with van der Waals surface area (Å²) >= 11 is 0. The maximum atomic E-state index is 11.5. The molecule has 0 aromatic heterocycles. The number of amides is 2. The van der Waals surface area contributed by atoms with Crippen LogP contribution in [0.15, 0.2) is 0 Å². The molecule has 1 fully saturated rings. The quantitative estimate of drug-likeness (QED) is 0.450. The van der Waals surface area contributed by atoms with Crippen LogP contribution in [0.25, 0.3) is 0 Å². The van der Waals surface area contributed by atoms with Gasteiger partial charge in [0.05, 0.1) is 13.2 Å². The van der Waals surface area contributed by atoms with Gasteiger partial charge in [0.15, 0.2) is 0 Å². The lowest BCUT2D eigenvalue weighted by atomic mass is 10.1. The first-order chi connectivity index (χ1) is 8.51. The minimum Gasteiger partial charge on any atom is -0.464 e. The van der Waals surface area contributed by atoms with Gasteiger partial charge in [-0.3, -0.25) is 9.59 Å². The SMILES string of the molecule is CCOC(=O)[C@@H]1NC(=O)[C@@H](C(=O)OCC)NC1=O. The Morgan fingerprint density at radius 3 is 1.56 bits per heavy atom. The van der Waals surface area contributed by atoms with Gasteiger partial charge in [-0.05, 0) is 13.8 Å². The molecule has 1 heterocycles. The van der Waals surface area contributed by atoms with Crippen LogP contribution in [-0.4, -0.2) is 49.1 Å². The van der Waals surface area contributed by atoms with Crippen LogP contribution in [0.1, 0.15) is 13.8 Å². The van der Waals surface area contributed by atoms with Gasteiger partial charge in [0.1, 0.15) is 0 Å². The Labute approximate surface area is 103 Å². The van der Waals surface area contributed by atoms with Crippen LogP contribution in [0.5, 0.6) is 0 Å². The molecule has 0 unspecified atom stereocenters. The van der Waals surface area contributed by atoms with Gasteiger partial charge in [-0.2, -0.15) is 0 Å². The molecule has 0 aromatic carbocycles. The van der Waals surface area contributed by atoms with Crippen LogP contribution in [-0.2, 0) is 28.7 Å². The van der Waals surface area contributed by atoms with Crippen LogP contribution < -0.4 is 10.6 Å². The zero-order chi connectivity index (χ0) is 13.7. The fourth-order valence-corrected chi connectivity index (χ4v) is 1.37. The Kier molecular flexibility index (Phi) is 4.64. The third-order valence-electron chi connectivity index (χ3n) is 2.14. The average molecular weight is 258 g/mol. The van der Waals surface area contributed by atoms with Gasteiger partial charge in [0.25, 0.3) is 11.8 Å². The van der Waals surface area contributed by atoms with Crippen molar-refractivity contribution in [3.8, 4) is 0 Å². The molecule has 1 aliphatic heterocycles. The number of hydrogen-bond donors (Lipinski definition) is 2. The van der Waals surface area contributed by atoms with Crippen LogP contribution in [0.2, 0.25) is 0 Å². The standard InChI is InChI=1S/C10H14N2O6/c1-3-17-9(15)5-7(13)12-6(8(14)11-5)10(16)18-4-2/h5-6H,3-4H2,1-2H3,(H,11,14)(H,12,13)/t5-,6+. The van der Waals surface area contributed by atoms with E-state index in [1.54, 1.807) is 13.8 Å². The molecule has 8 nitrogen and oxygen atoms in total. The summed E-state index contributed by atoms with van der Waals surface area (Å²) in [6.45, 7) is 3.31.